The maximum absolute atomic E-state index is 13.0. The number of benzene rings is 2. The summed E-state index contributed by atoms with van der Waals surface area (Å²) in [6.45, 7) is 0.391. The third-order valence-corrected chi connectivity index (χ3v) is 7.48. The Kier molecular flexibility index (Phi) is 8.71. The van der Waals surface area contributed by atoms with E-state index in [1.165, 1.54) is 29.9 Å². The summed E-state index contributed by atoms with van der Waals surface area (Å²) < 4.78 is 27.1. The van der Waals surface area contributed by atoms with Crippen LogP contribution in [-0.2, 0) is 14.8 Å². The Balaban J connectivity index is 1.46. The first-order valence-corrected chi connectivity index (χ1v) is 12.8. The zero-order valence-electron chi connectivity index (χ0n) is 18.9. The highest BCUT2D eigenvalue weighted by molar-refractivity contribution is 7.92. The Morgan fingerprint density at radius 3 is 2.45 bits per heavy atom. The third-order valence-electron chi connectivity index (χ3n) is 5.70. The molecule has 2 aromatic rings. The van der Waals surface area contributed by atoms with E-state index in [9.17, 15) is 18.0 Å². The summed E-state index contributed by atoms with van der Waals surface area (Å²) in [4.78, 5) is 24.3. The normalized spacial score (nSPS) is 14.3. The molecule has 0 atom stereocenters. The van der Waals surface area contributed by atoms with Crippen LogP contribution in [-0.4, -0.2) is 40.0 Å². The number of carbonyl (C=O) groups excluding carboxylic acids is 2. The second kappa shape index (κ2) is 11.7. The van der Waals surface area contributed by atoms with E-state index < -0.39 is 10.0 Å². The van der Waals surface area contributed by atoms with Crippen LogP contribution in [0.5, 0.6) is 0 Å². The van der Waals surface area contributed by atoms with Crippen molar-refractivity contribution in [2.75, 3.05) is 23.2 Å². The number of sulfonamides is 1. The molecule has 0 bridgehead atoms. The van der Waals surface area contributed by atoms with Crippen molar-refractivity contribution in [1.29, 1.82) is 0 Å². The third kappa shape index (κ3) is 7.21. The molecule has 1 saturated carbocycles. The first kappa shape index (κ1) is 24.6. The van der Waals surface area contributed by atoms with E-state index in [4.69, 9.17) is 0 Å². The number of nitrogens with zero attached hydrogens (tertiary/aromatic N) is 1. The van der Waals surface area contributed by atoms with Crippen LogP contribution in [0.25, 0.3) is 0 Å². The number of amides is 3. The van der Waals surface area contributed by atoms with E-state index in [1.54, 1.807) is 36.4 Å². The fourth-order valence-corrected chi connectivity index (χ4v) is 5.07. The van der Waals surface area contributed by atoms with Crippen LogP contribution in [0.1, 0.15) is 44.9 Å². The zero-order valence-corrected chi connectivity index (χ0v) is 19.7. The molecule has 8 nitrogen and oxygen atoms in total. The molecular weight excluding hydrogens is 440 g/mol. The van der Waals surface area contributed by atoms with E-state index >= 15 is 0 Å². The van der Waals surface area contributed by atoms with Gasteiger partial charge < -0.3 is 16.0 Å². The van der Waals surface area contributed by atoms with Crippen molar-refractivity contribution >= 4 is 33.3 Å². The summed E-state index contributed by atoms with van der Waals surface area (Å²) in [6.07, 6.45) is 6.26. The van der Waals surface area contributed by atoms with Gasteiger partial charge in [0.15, 0.2) is 0 Å². The molecule has 3 N–H and O–H groups in total. The fraction of sp³-hybridized carbons (Fsp3) is 0.417. The van der Waals surface area contributed by atoms with Gasteiger partial charge in [0.2, 0.25) is 5.91 Å². The van der Waals surface area contributed by atoms with E-state index in [0.717, 1.165) is 25.7 Å². The van der Waals surface area contributed by atoms with Gasteiger partial charge in [0, 0.05) is 31.7 Å². The van der Waals surface area contributed by atoms with Crippen LogP contribution in [0.3, 0.4) is 0 Å². The lowest BCUT2D eigenvalue weighted by Crippen LogP contribution is -2.43. The zero-order chi connectivity index (χ0) is 23.7. The lowest BCUT2D eigenvalue weighted by molar-refractivity contribution is -0.116. The highest BCUT2D eigenvalue weighted by atomic mass is 32.2. The lowest BCUT2D eigenvalue weighted by Gasteiger charge is -2.22. The predicted octanol–water partition coefficient (Wildman–Crippen LogP) is 3.86. The molecule has 0 radical (unpaired) electrons. The van der Waals surface area contributed by atoms with Gasteiger partial charge in [0.25, 0.3) is 10.0 Å². The number of hydrogen-bond acceptors (Lipinski definition) is 4. The monoisotopic (exact) mass is 472 g/mol. The van der Waals surface area contributed by atoms with Crippen LogP contribution in [0.15, 0.2) is 59.5 Å². The van der Waals surface area contributed by atoms with Crippen molar-refractivity contribution in [3.05, 3.63) is 54.6 Å². The first-order valence-electron chi connectivity index (χ1n) is 11.3. The van der Waals surface area contributed by atoms with Crippen molar-refractivity contribution in [1.82, 2.24) is 10.6 Å². The number of nitrogens with one attached hydrogen (secondary N) is 3. The molecule has 0 heterocycles. The summed E-state index contributed by atoms with van der Waals surface area (Å²) in [5.74, 6) is -0.240. The molecule has 1 aliphatic rings. The molecule has 0 aromatic heterocycles. The number of urea groups is 1. The second-order valence-corrected chi connectivity index (χ2v) is 10.2. The van der Waals surface area contributed by atoms with Crippen molar-refractivity contribution in [2.45, 2.75) is 55.9 Å². The molecule has 1 fully saturated rings. The van der Waals surface area contributed by atoms with E-state index in [0.29, 0.717) is 24.3 Å². The molecule has 0 aliphatic heterocycles. The summed E-state index contributed by atoms with van der Waals surface area (Å²) in [5.41, 5.74) is 0.956. The molecule has 33 heavy (non-hydrogen) atoms. The first-order chi connectivity index (χ1) is 15.9. The molecule has 2 aromatic carbocycles. The topological polar surface area (TPSA) is 108 Å². The van der Waals surface area contributed by atoms with Gasteiger partial charge in [-0.3, -0.25) is 9.10 Å². The Labute approximate surface area is 195 Å². The van der Waals surface area contributed by atoms with Crippen molar-refractivity contribution in [3.8, 4) is 0 Å². The fourth-order valence-electron chi connectivity index (χ4n) is 3.83. The molecule has 3 amide bonds. The summed E-state index contributed by atoms with van der Waals surface area (Å²) in [5, 5.41) is 8.50. The number of rotatable bonds is 9. The van der Waals surface area contributed by atoms with Gasteiger partial charge >= 0.3 is 6.03 Å². The van der Waals surface area contributed by atoms with Gasteiger partial charge in [-0.1, -0.05) is 43.5 Å². The Morgan fingerprint density at radius 1 is 1.00 bits per heavy atom. The Bertz CT molecular complexity index is 1040. The van der Waals surface area contributed by atoms with Crippen LogP contribution in [0.4, 0.5) is 16.2 Å². The summed E-state index contributed by atoms with van der Waals surface area (Å²) in [6, 6.07) is 15.0. The highest BCUT2D eigenvalue weighted by Crippen LogP contribution is 2.23. The van der Waals surface area contributed by atoms with E-state index in [-0.39, 0.29) is 29.3 Å². The Hall–Kier alpha value is -3.07. The highest BCUT2D eigenvalue weighted by Gasteiger charge is 2.21. The number of anilines is 2. The van der Waals surface area contributed by atoms with Crippen LogP contribution >= 0.6 is 0 Å². The minimum atomic E-state index is -3.77. The quantitative estimate of drug-likeness (QED) is 0.482. The number of hydrogen-bond donors (Lipinski definition) is 3. The van der Waals surface area contributed by atoms with Crippen molar-refractivity contribution in [2.24, 2.45) is 0 Å². The SMILES string of the molecule is CN(c1ccccc1)S(=O)(=O)c1cccc(NC(=O)CCCNC(=O)NC2CCCCC2)c1. The van der Waals surface area contributed by atoms with Crippen LogP contribution < -0.4 is 20.3 Å². The predicted molar refractivity (Wildman–Crippen MR) is 130 cm³/mol. The molecular formula is C24H32N4O4S. The summed E-state index contributed by atoms with van der Waals surface area (Å²) >= 11 is 0. The standard InChI is InChI=1S/C24H32N4O4S/c1-28(21-13-6-3-7-14-21)33(31,32)22-15-8-12-20(18-22)26-23(29)16-9-17-25-24(30)27-19-10-4-2-5-11-19/h3,6-8,12-15,18-19H,2,4-5,9-11,16-17H2,1H3,(H,26,29)(H2,25,27,30). The van der Waals surface area contributed by atoms with Gasteiger partial charge in [0.05, 0.1) is 10.6 Å². The number of carbonyl (C=O) groups is 2. The summed E-state index contributed by atoms with van der Waals surface area (Å²) in [7, 11) is -2.27. The van der Waals surface area contributed by atoms with Crippen LogP contribution in [0.2, 0.25) is 0 Å². The molecule has 0 unspecified atom stereocenters. The maximum Gasteiger partial charge on any atom is 0.315 e. The van der Waals surface area contributed by atoms with Gasteiger partial charge in [0.1, 0.15) is 0 Å². The number of para-hydroxylation sites is 1. The lowest BCUT2D eigenvalue weighted by atomic mass is 9.96. The van der Waals surface area contributed by atoms with Gasteiger partial charge in [-0.2, -0.15) is 0 Å². The second-order valence-electron chi connectivity index (χ2n) is 8.22. The largest absolute Gasteiger partial charge is 0.338 e. The van der Waals surface area contributed by atoms with Gasteiger partial charge in [-0.15, -0.1) is 0 Å². The Morgan fingerprint density at radius 2 is 1.73 bits per heavy atom. The smallest absolute Gasteiger partial charge is 0.315 e. The minimum Gasteiger partial charge on any atom is -0.338 e. The van der Waals surface area contributed by atoms with Crippen molar-refractivity contribution < 1.29 is 18.0 Å². The average Bonchev–Trinajstić information content (AvgIpc) is 2.82. The average molecular weight is 473 g/mol. The maximum atomic E-state index is 13.0. The molecule has 0 saturated heterocycles. The molecule has 1 aliphatic carbocycles. The van der Waals surface area contributed by atoms with E-state index in [1.807, 2.05) is 6.07 Å². The minimum absolute atomic E-state index is 0.0905. The molecule has 3 rings (SSSR count). The van der Waals surface area contributed by atoms with E-state index in [2.05, 4.69) is 16.0 Å². The molecule has 0 spiro atoms. The van der Waals surface area contributed by atoms with Gasteiger partial charge in [-0.05, 0) is 49.6 Å². The van der Waals surface area contributed by atoms with Gasteiger partial charge in [-0.25, -0.2) is 13.2 Å². The van der Waals surface area contributed by atoms with Crippen molar-refractivity contribution in [3.63, 3.8) is 0 Å². The molecule has 9 heteroatoms. The molecule has 178 valence electrons. The van der Waals surface area contributed by atoms with Crippen LogP contribution in [0, 0.1) is 0 Å².